The van der Waals surface area contributed by atoms with Crippen LogP contribution in [0.4, 0.5) is 4.39 Å². The molecular formula is C8H6FNO3S. The number of fused-ring (bicyclic) bond motifs is 1. The summed E-state index contributed by atoms with van der Waals surface area (Å²) in [6.45, 7) is 1.33. The number of nitrogens with one attached hydrogen (secondary N) is 1. The van der Waals surface area contributed by atoms with Crippen LogP contribution < -0.4 is 4.72 Å². The molecule has 2 rings (SSSR count). The van der Waals surface area contributed by atoms with E-state index in [1.54, 1.807) is 4.72 Å². The molecular weight excluding hydrogens is 209 g/mol. The molecule has 0 radical (unpaired) electrons. The van der Waals surface area contributed by atoms with Crippen LogP contribution in [0.15, 0.2) is 17.0 Å². The van der Waals surface area contributed by atoms with Crippen LogP contribution in [0.25, 0.3) is 0 Å². The number of carbonyl (C=O) groups excluding carboxylic acids is 1. The van der Waals surface area contributed by atoms with Gasteiger partial charge in [-0.1, -0.05) is 0 Å². The van der Waals surface area contributed by atoms with Crippen LogP contribution in [0.3, 0.4) is 0 Å². The van der Waals surface area contributed by atoms with Crippen molar-refractivity contribution in [3.8, 4) is 0 Å². The molecule has 1 aliphatic heterocycles. The van der Waals surface area contributed by atoms with Gasteiger partial charge < -0.3 is 0 Å². The summed E-state index contributed by atoms with van der Waals surface area (Å²) in [5, 5.41) is 0. The van der Waals surface area contributed by atoms with E-state index in [1.807, 2.05) is 0 Å². The van der Waals surface area contributed by atoms with E-state index in [4.69, 9.17) is 0 Å². The number of halogens is 1. The molecule has 0 atom stereocenters. The van der Waals surface area contributed by atoms with Gasteiger partial charge in [0.25, 0.3) is 15.9 Å². The van der Waals surface area contributed by atoms with Gasteiger partial charge in [0.2, 0.25) is 0 Å². The van der Waals surface area contributed by atoms with Gasteiger partial charge >= 0.3 is 0 Å². The average molecular weight is 215 g/mol. The second-order valence-corrected chi connectivity index (χ2v) is 4.60. The number of carbonyl (C=O) groups is 1. The van der Waals surface area contributed by atoms with Crippen LogP contribution in [-0.4, -0.2) is 14.3 Å². The van der Waals surface area contributed by atoms with E-state index in [0.29, 0.717) is 0 Å². The third kappa shape index (κ3) is 1.04. The maximum atomic E-state index is 13.0. The molecule has 1 amide bonds. The molecule has 0 saturated carbocycles. The largest absolute Gasteiger partial charge is 0.268 e. The molecule has 0 bridgehead atoms. The molecule has 1 heterocycles. The summed E-state index contributed by atoms with van der Waals surface area (Å²) in [5.41, 5.74) is -0.0234. The maximum Gasteiger partial charge on any atom is 0.266 e. The van der Waals surface area contributed by atoms with E-state index in [2.05, 4.69) is 0 Å². The molecule has 1 aromatic carbocycles. The smallest absolute Gasteiger partial charge is 0.266 e. The van der Waals surface area contributed by atoms with Gasteiger partial charge in [0.1, 0.15) is 10.7 Å². The molecule has 0 aliphatic carbocycles. The molecule has 1 aromatic rings. The number of hydrogen-bond acceptors (Lipinski definition) is 3. The van der Waals surface area contributed by atoms with Crippen LogP contribution >= 0.6 is 0 Å². The SMILES string of the molecule is Cc1c(F)ccc2c1S(=O)(=O)NC2=O. The van der Waals surface area contributed by atoms with Crippen molar-refractivity contribution in [2.24, 2.45) is 0 Å². The van der Waals surface area contributed by atoms with Crippen molar-refractivity contribution in [1.29, 1.82) is 0 Å². The predicted molar refractivity (Wildman–Crippen MR) is 45.8 cm³/mol. The predicted octanol–water partition coefficient (Wildman–Crippen LogP) is 0.566. The van der Waals surface area contributed by atoms with Crippen molar-refractivity contribution in [3.63, 3.8) is 0 Å². The number of hydrogen-bond donors (Lipinski definition) is 1. The first kappa shape index (κ1) is 9.14. The van der Waals surface area contributed by atoms with Gasteiger partial charge in [-0.05, 0) is 19.1 Å². The highest BCUT2D eigenvalue weighted by molar-refractivity contribution is 7.90. The quantitative estimate of drug-likeness (QED) is 0.688. The molecule has 14 heavy (non-hydrogen) atoms. The van der Waals surface area contributed by atoms with Crippen molar-refractivity contribution in [3.05, 3.63) is 29.1 Å². The summed E-state index contributed by atoms with van der Waals surface area (Å²) < 4.78 is 37.5. The van der Waals surface area contributed by atoms with Crippen LogP contribution in [0.1, 0.15) is 15.9 Å². The number of rotatable bonds is 0. The van der Waals surface area contributed by atoms with Gasteiger partial charge in [0, 0.05) is 5.56 Å². The lowest BCUT2D eigenvalue weighted by atomic mass is 10.1. The van der Waals surface area contributed by atoms with E-state index >= 15 is 0 Å². The van der Waals surface area contributed by atoms with Gasteiger partial charge in [0.15, 0.2) is 0 Å². The lowest BCUT2D eigenvalue weighted by molar-refractivity contribution is 0.0985. The Morgan fingerprint density at radius 2 is 2.00 bits per heavy atom. The minimum atomic E-state index is -3.85. The van der Waals surface area contributed by atoms with E-state index in [9.17, 15) is 17.6 Å². The fourth-order valence-electron chi connectivity index (χ4n) is 1.42. The minimum absolute atomic E-state index is 0.00361. The Morgan fingerprint density at radius 3 is 2.64 bits per heavy atom. The van der Waals surface area contributed by atoms with Gasteiger partial charge in [0.05, 0.1) is 5.56 Å². The summed E-state index contributed by atoms with van der Waals surface area (Å²) in [6, 6.07) is 2.24. The average Bonchev–Trinajstić information content (AvgIpc) is 2.29. The Balaban J connectivity index is 2.91. The summed E-state index contributed by atoms with van der Waals surface area (Å²) in [4.78, 5) is 10.9. The Labute approximate surface area is 79.8 Å². The molecule has 4 nitrogen and oxygen atoms in total. The lowest BCUT2D eigenvalue weighted by Crippen LogP contribution is -2.21. The zero-order valence-electron chi connectivity index (χ0n) is 7.17. The van der Waals surface area contributed by atoms with Crippen molar-refractivity contribution < 1.29 is 17.6 Å². The molecule has 74 valence electrons. The summed E-state index contributed by atoms with van der Waals surface area (Å²) >= 11 is 0. The Bertz CT molecular complexity index is 536. The third-order valence-electron chi connectivity index (χ3n) is 2.08. The van der Waals surface area contributed by atoms with E-state index in [0.717, 1.165) is 12.1 Å². The molecule has 0 aromatic heterocycles. The van der Waals surface area contributed by atoms with E-state index < -0.39 is 21.7 Å². The normalized spacial score (nSPS) is 17.7. The summed E-state index contributed by atoms with van der Waals surface area (Å²) in [7, 11) is -3.85. The maximum absolute atomic E-state index is 13.0. The van der Waals surface area contributed by atoms with Crippen LogP contribution in [0.5, 0.6) is 0 Å². The van der Waals surface area contributed by atoms with Gasteiger partial charge in [-0.25, -0.2) is 17.5 Å². The van der Waals surface area contributed by atoms with Crippen LogP contribution in [0.2, 0.25) is 0 Å². The molecule has 0 fully saturated rings. The van der Waals surface area contributed by atoms with Crippen molar-refractivity contribution in [2.45, 2.75) is 11.8 Å². The number of sulfonamides is 1. The molecule has 0 saturated heterocycles. The number of amides is 1. The molecule has 6 heteroatoms. The second kappa shape index (κ2) is 2.54. The zero-order valence-corrected chi connectivity index (χ0v) is 7.98. The molecule has 0 spiro atoms. The van der Waals surface area contributed by atoms with Gasteiger partial charge in [-0.2, -0.15) is 0 Å². The van der Waals surface area contributed by atoms with E-state index in [1.165, 1.54) is 6.92 Å². The third-order valence-corrected chi connectivity index (χ3v) is 3.60. The highest BCUT2D eigenvalue weighted by Crippen LogP contribution is 2.27. The second-order valence-electron chi connectivity index (χ2n) is 2.98. The highest BCUT2D eigenvalue weighted by atomic mass is 32.2. The van der Waals surface area contributed by atoms with Crippen LogP contribution in [-0.2, 0) is 10.0 Å². The highest BCUT2D eigenvalue weighted by Gasteiger charge is 2.34. The summed E-state index contributed by atoms with van der Waals surface area (Å²) in [6.07, 6.45) is 0. The molecule has 1 N–H and O–H groups in total. The first-order chi connectivity index (χ1) is 6.43. The van der Waals surface area contributed by atoms with Gasteiger partial charge in [-0.3, -0.25) is 4.79 Å². The van der Waals surface area contributed by atoms with E-state index in [-0.39, 0.29) is 16.0 Å². The fourth-order valence-corrected chi connectivity index (χ4v) is 2.83. The monoisotopic (exact) mass is 215 g/mol. The standard InChI is InChI=1S/C8H6FNO3S/c1-4-6(9)3-2-5-7(4)14(12,13)10-8(5)11/h2-3H,1H3,(H,10,11). The number of benzene rings is 1. The zero-order chi connectivity index (χ0) is 10.5. The minimum Gasteiger partial charge on any atom is -0.268 e. The topological polar surface area (TPSA) is 63.2 Å². The van der Waals surface area contributed by atoms with Crippen molar-refractivity contribution in [1.82, 2.24) is 4.72 Å². The van der Waals surface area contributed by atoms with Crippen LogP contribution in [0, 0.1) is 12.7 Å². The Hall–Kier alpha value is -1.43. The lowest BCUT2D eigenvalue weighted by Gasteiger charge is -2.01. The Kier molecular flexibility index (Phi) is 1.66. The first-order valence-corrected chi connectivity index (χ1v) is 5.28. The Morgan fingerprint density at radius 1 is 1.36 bits per heavy atom. The van der Waals surface area contributed by atoms with Gasteiger partial charge in [-0.15, -0.1) is 0 Å². The van der Waals surface area contributed by atoms with Crippen molar-refractivity contribution in [2.75, 3.05) is 0 Å². The fraction of sp³-hybridized carbons (Fsp3) is 0.125. The first-order valence-electron chi connectivity index (χ1n) is 3.80. The summed E-state index contributed by atoms with van der Waals surface area (Å²) in [5.74, 6) is -1.34. The molecule has 0 unspecified atom stereocenters. The molecule has 1 aliphatic rings. The van der Waals surface area contributed by atoms with Crippen molar-refractivity contribution >= 4 is 15.9 Å².